The lowest BCUT2D eigenvalue weighted by Crippen LogP contribution is -2.63. The van der Waals surface area contributed by atoms with Crippen LogP contribution in [-0.2, 0) is 0 Å². The zero-order valence-electron chi connectivity index (χ0n) is 20.1. The smallest absolute Gasteiger partial charge is 0.317 e. The van der Waals surface area contributed by atoms with Crippen molar-refractivity contribution in [3.05, 3.63) is 71.8 Å². The Morgan fingerprint density at radius 2 is 1.29 bits per heavy atom. The summed E-state index contributed by atoms with van der Waals surface area (Å²) >= 11 is 0. The summed E-state index contributed by atoms with van der Waals surface area (Å²) in [5.74, 6) is 2.53. The molecule has 3 N–H and O–H groups in total. The van der Waals surface area contributed by atoms with Crippen molar-refractivity contribution in [2.24, 2.45) is 23.5 Å². The van der Waals surface area contributed by atoms with E-state index in [0.717, 1.165) is 49.5 Å². The summed E-state index contributed by atoms with van der Waals surface area (Å²) in [5, 5.41) is 3.56. The van der Waals surface area contributed by atoms with Gasteiger partial charge in [0, 0.05) is 37.8 Å². The first-order chi connectivity index (χ1) is 16.6. The number of hydrogen-bond acceptors (Lipinski definition) is 3. The van der Waals surface area contributed by atoms with Crippen molar-refractivity contribution < 1.29 is 4.79 Å². The van der Waals surface area contributed by atoms with Gasteiger partial charge in [-0.2, -0.15) is 0 Å². The molecule has 7 rings (SSSR count). The van der Waals surface area contributed by atoms with E-state index in [9.17, 15) is 4.79 Å². The summed E-state index contributed by atoms with van der Waals surface area (Å²) in [6, 6.07) is 21.1. The number of carbonyl (C=O) groups excluding carboxylic acids is 1. The van der Waals surface area contributed by atoms with Crippen LogP contribution in [0.25, 0.3) is 0 Å². The van der Waals surface area contributed by atoms with E-state index >= 15 is 0 Å². The molecule has 2 atom stereocenters. The van der Waals surface area contributed by atoms with Crippen molar-refractivity contribution in [3.8, 4) is 0 Å². The number of nitrogens with one attached hydrogen (secondary N) is 1. The molecule has 0 aromatic heterocycles. The number of piperazine rings is 1. The van der Waals surface area contributed by atoms with Crippen LogP contribution in [0.2, 0.25) is 0 Å². The molecule has 1 aliphatic heterocycles. The summed E-state index contributed by atoms with van der Waals surface area (Å²) in [6.07, 6.45) is 7.80. The molecule has 2 amide bonds. The van der Waals surface area contributed by atoms with Crippen LogP contribution in [0.4, 0.5) is 4.79 Å². The molecule has 5 aliphatic rings. The first-order valence-electron chi connectivity index (χ1n) is 13.3. The number of nitrogens with zero attached hydrogens (tertiary/aromatic N) is 2. The van der Waals surface area contributed by atoms with E-state index < -0.39 is 0 Å². The molecule has 5 nitrogen and oxygen atoms in total. The van der Waals surface area contributed by atoms with Gasteiger partial charge in [-0.1, -0.05) is 60.7 Å². The molecule has 4 saturated carbocycles. The largest absolute Gasteiger partial charge is 0.333 e. The van der Waals surface area contributed by atoms with E-state index in [4.69, 9.17) is 5.73 Å². The monoisotopic (exact) mass is 458 g/mol. The first-order valence-corrected chi connectivity index (χ1v) is 13.3. The second kappa shape index (κ2) is 9.01. The fourth-order valence-electron chi connectivity index (χ4n) is 7.93. The predicted molar refractivity (Wildman–Crippen MR) is 135 cm³/mol. The molecule has 2 aromatic rings. The second-order valence-corrected chi connectivity index (χ2v) is 11.4. The van der Waals surface area contributed by atoms with Gasteiger partial charge < -0.3 is 16.0 Å². The molecule has 2 unspecified atom stereocenters. The molecule has 34 heavy (non-hydrogen) atoms. The molecular formula is C29H38N4O. The maximum atomic E-state index is 13.4. The van der Waals surface area contributed by atoms with E-state index in [2.05, 4.69) is 64.8 Å². The van der Waals surface area contributed by atoms with Crippen molar-refractivity contribution >= 4 is 6.03 Å². The lowest BCUT2D eigenvalue weighted by atomic mass is 9.53. The van der Waals surface area contributed by atoms with Crippen molar-refractivity contribution in [2.45, 2.75) is 56.1 Å². The van der Waals surface area contributed by atoms with Crippen LogP contribution >= 0.6 is 0 Å². The zero-order valence-corrected chi connectivity index (χ0v) is 20.1. The Morgan fingerprint density at radius 1 is 0.794 bits per heavy atom. The quantitative estimate of drug-likeness (QED) is 0.681. The maximum absolute atomic E-state index is 13.4. The highest BCUT2D eigenvalue weighted by Gasteiger charge is 2.52. The zero-order chi connectivity index (χ0) is 23.1. The highest BCUT2D eigenvalue weighted by Crippen LogP contribution is 2.55. The normalized spacial score (nSPS) is 32.4. The average molecular weight is 459 g/mol. The molecule has 4 bridgehead atoms. The Kier molecular flexibility index (Phi) is 5.86. The van der Waals surface area contributed by atoms with Gasteiger partial charge in [-0.05, 0) is 67.4 Å². The van der Waals surface area contributed by atoms with Gasteiger partial charge in [-0.3, -0.25) is 4.90 Å². The Balaban J connectivity index is 1.13. The number of carbonyl (C=O) groups is 1. The summed E-state index contributed by atoms with van der Waals surface area (Å²) in [6.45, 7) is 3.19. The Bertz CT molecular complexity index is 950. The third kappa shape index (κ3) is 4.25. The molecule has 1 saturated heterocycles. The van der Waals surface area contributed by atoms with E-state index in [1.54, 1.807) is 0 Å². The average Bonchev–Trinajstić information content (AvgIpc) is 2.85. The minimum Gasteiger partial charge on any atom is -0.333 e. The van der Waals surface area contributed by atoms with Gasteiger partial charge in [0.05, 0.1) is 6.04 Å². The van der Waals surface area contributed by atoms with Crippen molar-refractivity contribution in [1.82, 2.24) is 15.1 Å². The van der Waals surface area contributed by atoms with E-state index in [-0.39, 0.29) is 23.7 Å². The molecule has 0 spiro atoms. The SMILES string of the molecule is NC(c1ccccc1)C(c1ccccc1)N1CCN(C(=O)NC23CC4CC(CC(C4)C2)C3)CC1. The third-order valence-electron chi connectivity index (χ3n) is 9.07. The molecule has 4 aliphatic carbocycles. The van der Waals surface area contributed by atoms with Crippen molar-refractivity contribution in [3.63, 3.8) is 0 Å². The van der Waals surface area contributed by atoms with E-state index in [1.807, 2.05) is 11.0 Å². The van der Waals surface area contributed by atoms with Crippen molar-refractivity contribution in [1.29, 1.82) is 0 Å². The van der Waals surface area contributed by atoms with Crippen LogP contribution in [0, 0.1) is 17.8 Å². The van der Waals surface area contributed by atoms with Gasteiger partial charge in [0.15, 0.2) is 0 Å². The lowest BCUT2D eigenvalue weighted by Gasteiger charge is -2.57. The molecule has 2 aromatic carbocycles. The molecule has 1 heterocycles. The standard InChI is InChI=1S/C29H38N4O/c30-26(24-7-3-1-4-8-24)27(25-9-5-2-6-10-25)32-11-13-33(14-12-32)28(34)31-29-18-21-15-22(19-29)17-23(16-21)20-29/h1-10,21-23,26-27H,11-20,30H2,(H,31,34). The highest BCUT2D eigenvalue weighted by atomic mass is 16.2. The van der Waals surface area contributed by atoms with E-state index in [1.165, 1.54) is 44.1 Å². The van der Waals surface area contributed by atoms with Crippen molar-refractivity contribution in [2.75, 3.05) is 26.2 Å². The van der Waals surface area contributed by atoms with Gasteiger partial charge in [-0.15, -0.1) is 0 Å². The second-order valence-electron chi connectivity index (χ2n) is 11.4. The van der Waals surface area contributed by atoms with Gasteiger partial charge in [0.1, 0.15) is 0 Å². The summed E-state index contributed by atoms with van der Waals surface area (Å²) in [5.41, 5.74) is 9.32. The number of urea groups is 1. The third-order valence-corrected chi connectivity index (χ3v) is 9.07. The molecule has 180 valence electrons. The van der Waals surface area contributed by atoms with Crippen LogP contribution in [0.1, 0.15) is 61.7 Å². The Labute approximate surface area is 203 Å². The summed E-state index contributed by atoms with van der Waals surface area (Å²) in [4.78, 5) is 17.9. The van der Waals surface area contributed by atoms with Crippen LogP contribution in [0.3, 0.4) is 0 Å². The lowest BCUT2D eigenvalue weighted by molar-refractivity contribution is -0.0168. The summed E-state index contributed by atoms with van der Waals surface area (Å²) in [7, 11) is 0. The predicted octanol–water partition coefficient (Wildman–Crippen LogP) is 4.72. The van der Waals surface area contributed by atoms with Gasteiger partial charge in [0.2, 0.25) is 0 Å². The topological polar surface area (TPSA) is 61.6 Å². The molecule has 5 fully saturated rings. The number of amides is 2. The fourth-order valence-corrected chi connectivity index (χ4v) is 7.93. The first kappa shape index (κ1) is 22.1. The maximum Gasteiger partial charge on any atom is 0.317 e. The van der Waals surface area contributed by atoms with Gasteiger partial charge in [-0.25, -0.2) is 4.79 Å². The number of benzene rings is 2. The Hall–Kier alpha value is -2.37. The van der Waals surface area contributed by atoms with Crippen LogP contribution in [0.15, 0.2) is 60.7 Å². The fraction of sp³-hybridized carbons (Fsp3) is 0.552. The summed E-state index contributed by atoms with van der Waals surface area (Å²) < 4.78 is 0. The van der Waals surface area contributed by atoms with Crippen LogP contribution in [-0.4, -0.2) is 47.5 Å². The highest BCUT2D eigenvalue weighted by molar-refractivity contribution is 5.75. The number of nitrogens with two attached hydrogens (primary N) is 1. The van der Waals surface area contributed by atoms with E-state index in [0.29, 0.717) is 0 Å². The minimum atomic E-state index is -0.115. The van der Waals surface area contributed by atoms with Gasteiger partial charge in [0.25, 0.3) is 0 Å². The molecular weight excluding hydrogens is 420 g/mol. The minimum absolute atomic E-state index is 0.0746. The molecule has 0 radical (unpaired) electrons. The molecule has 5 heteroatoms. The number of rotatable bonds is 5. The van der Waals surface area contributed by atoms with Crippen LogP contribution in [0.5, 0.6) is 0 Å². The Morgan fingerprint density at radius 3 is 1.82 bits per heavy atom. The van der Waals surface area contributed by atoms with Crippen LogP contribution < -0.4 is 11.1 Å². The number of hydrogen-bond donors (Lipinski definition) is 2. The van der Waals surface area contributed by atoms with Gasteiger partial charge >= 0.3 is 6.03 Å².